The molecule has 2 N–H and O–H groups in total. The molecule has 2 aromatic carbocycles. The molecule has 0 fully saturated rings. The van der Waals surface area contributed by atoms with Crippen molar-refractivity contribution in [2.75, 3.05) is 11.8 Å². The third kappa shape index (κ3) is 4.11. The van der Waals surface area contributed by atoms with E-state index in [2.05, 4.69) is 4.72 Å². The summed E-state index contributed by atoms with van der Waals surface area (Å²) >= 11 is 0. The number of aryl methyl sites for hydroxylation is 1. The van der Waals surface area contributed by atoms with E-state index in [1.54, 1.807) is 12.1 Å². The standard InChI is InChI=1S/C18H21NO5S/c1-11(2)15-10-17(16(24-4)8-12(15)3)25(22,23)19-14-7-5-6-13(9-14)18(20)21/h5-11,19H,1-4H3,(H,20,21). The fourth-order valence-corrected chi connectivity index (χ4v) is 3.83. The van der Waals surface area contributed by atoms with E-state index in [1.807, 2.05) is 20.8 Å². The molecule has 0 aliphatic heterocycles. The molecule has 25 heavy (non-hydrogen) atoms. The third-order valence-electron chi connectivity index (χ3n) is 3.83. The minimum atomic E-state index is -3.94. The van der Waals surface area contributed by atoms with E-state index >= 15 is 0 Å². The molecule has 0 spiro atoms. The third-order valence-corrected chi connectivity index (χ3v) is 5.23. The first-order chi connectivity index (χ1) is 11.7. The van der Waals surface area contributed by atoms with Crippen LogP contribution >= 0.6 is 0 Å². The molecule has 6 nitrogen and oxygen atoms in total. The minimum Gasteiger partial charge on any atom is -0.495 e. The summed E-state index contributed by atoms with van der Waals surface area (Å²) in [6.45, 7) is 5.86. The van der Waals surface area contributed by atoms with Crippen molar-refractivity contribution in [1.29, 1.82) is 0 Å². The summed E-state index contributed by atoms with van der Waals surface area (Å²) in [5.41, 5.74) is 2.02. The minimum absolute atomic E-state index is 0.000981. The molecule has 134 valence electrons. The monoisotopic (exact) mass is 363 g/mol. The fraction of sp³-hybridized carbons (Fsp3) is 0.278. The first-order valence-electron chi connectivity index (χ1n) is 7.70. The molecule has 0 bridgehead atoms. The van der Waals surface area contributed by atoms with Gasteiger partial charge >= 0.3 is 5.97 Å². The lowest BCUT2D eigenvalue weighted by Crippen LogP contribution is -2.15. The van der Waals surface area contributed by atoms with Crippen LogP contribution in [-0.2, 0) is 10.0 Å². The second-order valence-electron chi connectivity index (χ2n) is 6.01. The molecule has 0 atom stereocenters. The number of hydrogen-bond donors (Lipinski definition) is 2. The number of carboxylic acids is 1. The van der Waals surface area contributed by atoms with Gasteiger partial charge in [0.1, 0.15) is 10.6 Å². The maximum absolute atomic E-state index is 12.8. The highest BCUT2D eigenvalue weighted by molar-refractivity contribution is 7.92. The SMILES string of the molecule is COc1cc(C)c(C(C)C)cc1S(=O)(=O)Nc1cccc(C(=O)O)c1. The summed E-state index contributed by atoms with van der Waals surface area (Å²) in [5, 5.41) is 9.04. The molecule has 0 saturated carbocycles. The van der Waals surface area contributed by atoms with E-state index in [1.165, 1.54) is 31.4 Å². The molecular formula is C18H21NO5S. The Labute approximate surface area is 147 Å². The van der Waals surface area contributed by atoms with Crippen LogP contribution in [0.4, 0.5) is 5.69 Å². The van der Waals surface area contributed by atoms with Crippen molar-refractivity contribution in [1.82, 2.24) is 0 Å². The maximum atomic E-state index is 12.8. The zero-order chi connectivity index (χ0) is 18.8. The van der Waals surface area contributed by atoms with Gasteiger partial charge in [0, 0.05) is 5.69 Å². The average molecular weight is 363 g/mol. The van der Waals surface area contributed by atoms with Crippen LogP contribution in [0.3, 0.4) is 0 Å². The molecule has 0 unspecified atom stereocenters. The van der Waals surface area contributed by atoms with Crippen LogP contribution in [0.25, 0.3) is 0 Å². The molecule has 7 heteroatoms. The Morgan fingerprint density at radius 3 is 2.44 bits per heavy atom. The summed E-state index contributed by atoms with van der Waals surface area (Å²) in [5.74, 6) is -0.741. The smallest absolute Gasteiger partial charge is 0.335 e. The van der Waals surface area contributed by atoms with Crippen LogP contribution in [0.1, 0.15) is 41.3 Å². The number of aromatic carboxylic acids is 1. The van der Waals surface area contributed by atoms with Gasteiger partial charge in [-0.3, -0.25) is 4.72 Å². The van der Waals surface area contributed by atoms with Crippen LogP contribution in [-0.4, -0.2) is 26.6 Å². The summed E-state index contributed by atoms with van der Waals surface area (Å²) in [4.78, 5) is 11.1. The van der Waals surface area contributed by atoms with Gasteiger partial charge in [0.25, 0.3) is 10.0 Å². The normalized spacial score (nSPS) is 11.4. The number of benzene rings is 2. The zero-order valence-electron chi connectivity index (χ0n) is 14.5. The number of methoxy groups -OCH3 is 1. The van der Waals surface area contributed by atoms with Crippen LogP contribution in [0.2, 0.25) is 0 Å². The molecular weight excluding hydrogens is 342 g/mol. The van der Waals surface area contributed by atoms with Crippen LogP contribution in [0.15, 0.2) is 41.3 Å². The van der Waals surface area contributed by atoms with E-state index < -0.39 is 16.0 Å². The van der Waals surface area contributed by atoms with Crippen molar-refractivity contribution in [3.8, 4) is 5.75 Å². The highest BCUT2D eigenvalue weighted by Gasteiger charge is 2.22. The number of rotatable bonds is 6. The van der Waals surface area contributed by atoms with E-state index in [0.29, 0.717) is 0 Å². The molecule has 2 rings (SSSR count). The molecule has 0 aromatic heterocycles. The number of hydrogen-bond acceptors (Lipinski definition) is 4. The molecule has 0 radical (unpaired) electrons. The van der Waals surface area contributed by atoms with Crippen molar-refractivity contribution < 1.29 is 23.1 Å². The van der Waals surface area contributed by atoms with E-state index in [-0.39, 0.29) is 27.8 Å². The maximum Gasteiger partial charge on any atom is 0.335 e. The molecule has 0 heterocycles. The quantitative estimate of drug-likeness (QED) is 0.817. The highest BCUT2D eigenvalue weighted by atomic mass is 32.2. The van der Waals surface area contributed by atoms with Crippen LogP contribution in [0.5, 0.6) is 5.75 Å². The van der Waals surface area contributed by atoms with Gasteiger partial charge in [-0.1, -0.05) is 19.9 Å². The van der Waals surface area contributed by atoms with Crippen molar-refractivity contribution >= 4 is 21.7 Å². The average Bonchev–Trinajstić information content (AvgIpc) is 2.53. The molecule has 0 aliphatic rings. The Kier molecular flexibility index (Phi) is 5.37. The summed E-state index contributed by atoms with van der Waals surface area (Å²) in [6.07, 6.45) is 0. The topological polar surface area (TPSA) is 92.7 Å². The van der Waals surface area contributed by atoms with Crippen LogP contribution < -0.4 is 9.46 Å². The number of carboxylic acid groups (broad SMARTS) is 1. The lowest BCUT2D eigenvalue weighted by Gasteiger charge is -2.17. The largest absolute Gasteiger partial charge is 0.495 e. The molecule has 0 saturated heterocycles. The Morgan fingerprint density at radius 2 is 1.88 bits per heavy atom. The van der Waals surface area contributed by atoms with Crippen molar-refractivity contribution in [3.63, 3.8) is 0 Å². The van der Waals surface area contributed by atoms with Gasteiger partial charge in [-0.25, -0.2) is 13.2 Å². The van der Waals surface area contributed by atoms with Crippen LogP contribution in [0, 0.1) is 6.92 Å². The summed E-state index contributed by atoms with van der Waals surface area (Å²) in [6, 6.07) is 8.92. The van der Waals surface area contributed by atoms with E-state index in [0.717, 1.165) is 11.1 Å². The molecule has 0 aliphatic carbocycles. The Morgan fingerprint density at radius 1 is 1.20 bits per heavy atom. The van der Waals surface area contributed by atoms with Gasteiger partial charge < -0.3 is 9.84 Å². The highest BCUT2D eigenvalue weighted by Crippen LogP contribution is 2.32. The second-order valence-corrected chi connectivity index (χ2v) is 7.66. The predicted octanol–water partition coefficient (Wildman–Crippen LogP) is 3.63. The van der Waals surface area contributed by atoms with Crippen molar-refractivity contribution in [3.05, 3.63) is 53.1 Å². The number of sulfonamides is 1. The molecule has 2 aromatic rings. The van der Waals surface area contributed by atoms with Gasteiger partial charge in [0.05, 0.1) is 12.7 Å². The van der Waals surface area contributed by atoms with Gasteiger partial charge in [-0.2, -0.15) is 0 Å². The van der Waals surface area contributed by atoms with E-state index in [9.17, 15) is 13.2 Å². The van der Waals surface area contributed by atoms with Gasteiger partial charge in [0.15, 0.2) is 0 Å². The van der Waals surface area contributed by atoms with Gasteiger partial charge in [-0.05, 0) is 54.3 Å². The zero-order valence-corrected chi connectivity index (χ0v) is 15.3. The first kappa shape index (κ1) is 18.8. The molecule has 0 amide bonds. The van der Waals surface area contributed by atoms with E-state index in [4.69, 9.17) is 9.84 Å². The lowest BCUT2D eigenvalue weighted by atomic mass is 9.98. The number of ether oxygens (including phenoxy) is 1. The Hall–Kier alpha value is -2.54. The number of nitrogens with one attached hydrogen (secondary N) is 1. The summed E-state index contributed by atoms with van der Waals surface area (Å²) in [7, 11) is -2.53. The second kappa shape index (κ2) is 7.14. The lowest BCUT2D eigenvalue weighted by molar-refractivity contribution is 0.0697. The Bertz CT molecular complexity index is 904. The van der Waals surface area contributed by atoms with Gasteiger partial charge in [0.2, 0.25) is 0 Å². The first-order valence-corrected chi connectivity index (χ1v) is 9.18. The van der Waals surface area contributed by atoms with Crippen molar-refractivity contribution in [2.45, 2.75) is 31.6 Å². The fourth-order valence-electron chi connectivity index (χ4n) is 2.59. The predicted molar refractivity (Wildman–Crippen MR) is 96.0 cm³/mol. The Balaban J connectivity index is 2.50. The van der Waals surface area contributed by atoms with Crippen molar-refractivity contribution in [2.24, 2.45) is 0 Å². The van der Waals surface area contributed by atoms with Gasteiger partial charge in [-0.15, -0.1) is 0 Å². The summed E-state index contributed by atoms with van der Waals surface area (Å²) < 4.78 is 33.3. The number of carbonyl (C=O) groups is 1. The number of anilines is 1.